The van der Waals surface area contributed by atoms with Crippen LogP contribution in [0.5, 0.6) is 0 Å². The van der Waals surface area contributed by atoms with Crippen LogP contribution in [0.2, 0.25) is 0 Å². The Morgan fingerprint density at radius 3 is 2.32 bits per heavy atom. The predicted octanol–water partition coefficient (Wildman–Crippen LogP) is 2.11. The number of hydrazine groups is 1. The van der Waals surface area contributed by atoms with Crippen LogP contribution in [0, 0.1) is 10.8 Å². The van der Waals surface area contributed by atoms with E-state index in [4.69, 9.17) is 14.2 Å². The Bertz CT molecular complexity index is 1260. The Morgan fingerprint density at radius 2 is 1.81 bits per heavy atom. The zero-order valence-corrected chi connectivity index (χ0v) is 29.2. The first kappa shape index (κ1) is 38.2. The topological polar surface area (TPSA) is 167 Å². The molecule has 2 aliphatic rings. The monoisotopic (exact) mass is 658 g/mol. The van der Waals surface area contributed by atoms with Gasteiger partial charge in [-0.05, 0) is 41.9 Å². The zero-order chi connectivity index (χ0) is 34.9. The van der Waals surface area contributed by atoms with E-state index in [0.29, 0.717) is 6.54 Å². The van der Waals surface area contributed by atoms with Gasteiger partial charge in [-0.15, -0.1) is 0 Å². The summed E-state index contributed by atoms with van der Waals surface area (Å²) >= 11 is 0. The maximum Gasteiger partial charge on any atom is 0.303 e. The molecule has 2 amide bonds. The van der Waals surface area contributed by atoms with Gasteiger partial charge in [0, 0.05) is 38.4 Å². The molecule has 7 atom stereocenters. The Labute approximate surface area is 278 Å². The third kappa shape index (κ3) is 12.4. The molecule has 7 unspecified atom stereocenters. The van der Waals surface area contributed by atoms with E-state index in [0.717, 1.165) is 17.7 Å². The second-order valence-electron chi connectivity index (χ2n) is 14.3. The van der Waals surface area contributed by atoms with Gasteiger partial charge in [-0.3, -0.25) is 35.4 Å². The Morgan fingerprint density at radius 1 is 1.11 bits per heavy atom. The zero-order valence-electron chi connectivity index (χ0n) is 29.2. The normalized spacial score (nSPS) is 22.1. The molecule has 2 heterocycles. The van der Waals surface area contributed by atoms with Crippen molar-refractivity contribution >= 4 is 17.8 Å². The van der Waals surface area contributed by atoms with Crippen LogP contribution in [0.15, 0.2) is 48.2 Å². The van der Waals surface area contributed by atoms with E-state index in [2.05, 4.69) is 38.5 Å². The minimum Gasteiger partial charge on any atom is -0.459 e. The number of pyridine rings is 1. The van der Waals surface area contributed by atoms with Crippen molar-refractivity contribution in [3.8, 4) is 0 Å². The maximum atomic E-state index is 13.8. The molecular weight excluding hydrogens is 604 g/mol. The van der Waals surface area contributed by atoms with Crippen molar-refractivity contribution in [3.63, 3.8) is 0 Å². The summed E-state index contributed by atoms with van der Waals surface area (Å²) in [6.07, 6.45) is 6.19. The Balaban J connectivity index is 1.80. The van der Waals surface area contributed by atoms with Gasteiger partial charge < -0.3 is 24.6 Å². The minimum absolute atomic E-state index is 0.0120. The molecule has 0 spiro atoms. The number of aliphatic hydroxyl groups is 1. The van der Waals surface area contributed by atoms with Crippen LogP contribution in [-0.4, -0.2) is 96.6 Å². The molecule has 1 fully saturated rings. The predicted molar refractivity (Wildman–Crippen MR) is 177 cm³/mol. The summed E-state index contributed by atoms with van der Waals surface area (Å²) in [5.41, 5.74) is 3.99. The number of aromatic nitrogens is 1. The largest absolute Gasteiger partial charge is 0.459 e. The molecular formula is C34H54N6O7. The number of nitrogens with zero attached hydrogens (tertiary/aromatic N) is 2. The molecule has 262 valence electrons. The van der Waals surface area contributed by atoms with Gasteiger partial charge in [-0.1, -0.05) is 65.8 Å². The third-order valence-corrected chi connectivity index (χ3v) is 7.83. The molecule has 5 N–H and O–H groups in total. The van der Waals surface area contributed by atoms with Crippen molar-refractivity contribution in [3.05, 3.63) is 53.9 Å². The molecule has 13 heteroatoms. The first-order chi connectivity index (χ1) is 22.0. The van der Waals surface area contributed by atoms with E-state index in [9.17, 15) is 19.5 Å². The fraction of sp³-hybridized carbons (Fsp3) is 0.647. The molecule has 1 aliphatic heterocycles. The second-order valence-corrected chi connectivity index (χ2v) is 14.3. The molecule has 13 nitrogen and oxygen atoms in total. The van der Waals surface area contributed by atoms with Gasteiger partial charge in [-0.25, -0.2) is 5.01 Å². The Kier molecular flexibility index (Phi) is 13.6. The van der Waals surface area contributed by atoms with E-state index < -0.39 is 53.7 Å². The highest BCUT2D eigenvalue weighted by Crippen LogP contribution is 2.27. The number of nitrogens with one attached hydrogen (secondary N) is 4. The number of allylic oxidation sites excluding steroid dienone is 2. The number of rotatable bonds is 16. The first-order valence-corrected chi connectivity index (χ1v) is 16.1. The lowest BCUT2D eigenvalue weighted by molar-refractivity contribution is -0.148. The SMILES string of the molecule is COC1OC1NC(C(=O)NN(CC1=CCC(c2ccccn2)C=C1)CC(CNC(=O)C(NC(C)O)C(C)(C)C)OC(C)=O)C(C)(C)C. The average Bonchev–Trinajstić information content (AvgIpc) is 3.75. The van der Waals surface area contributed by atoms with Crippen LogP contribution in [0.4, 0.5) is 0 Å². The molecule has 1 aliphatic carbocycles. The molecule has 0 radical (unpaired) electrons. The molecule has 3 rings (SSSR count). The standard InChI is InChI=1S/C34H54N6O7/c1-21(41)37-27(33(3,4)5)29(43)36-18-25(46-22(2)42)20-40(19-23-13-15-24(16-14-23)26-12-10-11-17-35-26)39-30(44)28(34(6,7)8)38-31-32(45-9)47-31/h10-15,17,21,24-25,27-28,31-32,37-38,41H,16,18-20H2,1-9H3,(H,36,43)(H,39,44). The van der Waals surface area contributed by atoms with Gasteiger partial charge >= 0.3 is 5.97 Å². The third-order valence-electron chi connectivity index (χ3n) is 7.83. The van der Waals surface area contributed by atoms with Gasteiger partial charge in [-0.2, -0.15) is 0 Å². The van der Waals surface area contributed by atoms with Crippen molar-refractivity contribution in [1.82, 2.24) is 31.4 Å². The smallest absolute Gasteiger partial charge is 0.303 e. The van der Waals surface area contributed by atoms with E-state index in [1.54, 1.807) is 25.2 Å². The number of epoxide rings is 1. The number of aliphatic hydroxyl groups excluding tert-OH is 1. The molecule has 0 bridgehead atoms. The van der Waals surface area contributed by atoms with Crippen molar-refractivity contribution in [1.29, 1.82) is 0 Å². The summed E-state index contributed by atoms with van der Waals surface area (Å²) in [6.45, 7) is 14.8. The summed E-state index contributed by atoms with van der Waals surface area (Å²) in [4.78, 5) is 43.7. The molecule has 0 saturated carbocycles. The van der Waals surface area contributed by atoms with Crippen molar-refractivity contribution in [2.75, 3.05) is 26.7 Å². The molecule has 1 aromatic rings. The van der Waals surface area contributed by atoms with E-state index in [1.165, 1.54) is 6.92 Å². The Hall–Kier alpha value is -3.20. The van der Waals surface area contributed by atoms with E-state index >= 15 is 0 Å². The van der Waals surface area contributed by atoms with Crippen molar-refractivity contribution in [2.24, 2.45) is 10.8 Å². The highest BCUT2D eigenvalue weighted by Gasteiger charge is 2.45. The van der Waals surface area contributed by atoms with Gasteiger partial charge in [0.05, 0.1) is 25.2 Å². The fourth-order valence-corrected chi connectivity index (χ4v) is 5.37. The number of carbonyl (C=O) groups excluding carboxylic acids is 3. The van der Waals surface area contributed by atoms with Crippen LogP contribution in [0.25, 0.3) is 0 Å². The van der Waals surface area contributed by atoms with Gasteiger partial charge in [0.1, 0.15) is 12.3 Å². The summed E-state index contributed by atoms with van der Waals surface area (Å²) in [5.74, 6) is -1.03. The van der Waals surface area contributed by atoms with Crippen molar-refractivity contribution < 1.29 is 33.7 Å². The van der Waals surface area contributed by atoms with Crippen LogP contribution >= 0.6 is 0 Å². The van der Waals surface area contributed by atoms with Crippen molar-refractivity contribution in [2.45, 2.75) is 105 Å². The summed E-state index contributed by atoms with van der Waals surface area (Å²) in [7, 11) is 1.54. The van der Waals surface area contributed by atoms with E-state index in [-0.39, 0.29) is 30.8 Å². The van der Waals surface area contributed by atoms with Gasteiger partial charge in [0.15, 0.2) is 12.5 Å². The minimum atomic E-state index is -0.904. The lowest BCUT2D eigenvalue weighted by Crippen LogP contribution is -2.59. The highest BCUT2D eigenvalue weighted by molar-refractivity contribution is 5.83. The van der Waals surface area contributed by atoms with Crippen LogP contribution < -0.4 is 21.4 Å². The average molecular weight is 659 g/mol. The first-order valence-electron chi connectivity index (χ1n) is 16.1. The molecule has 1 aromatic heterocycles. The quantitative estimate of drug-likeness (QED) is 0.0764. The summed E-state index contributed by atoms with van der Waals surface area (Å²) in [5, 5.41) is 20.6. The molecule has 47 heavy (non-hydrogen) atoms. The number of esters is 1. The summed E-state index contributed by atoms with van der Waals surface area (Å²) < 4.78 is 16.4. The fourth-order valence-electron chi connectivity index (χ4n) is 5.37. The maximum absolute atomic E-state index is 13.8. The number of ether oxygens (including phenoxy) is 3. The lowest BCUT2D eigenvalue weighted by Gasteiger charge is -2.35. The molecule has 1 saturated heterocycles. The van der Waals surface area contributed by atoms with Crippen LogP contribution in [0.3, 0.4) is 0 Å². The van der Waals surface area contributed by atoms with Crippen LogP contribution in [-0.2, 0) is 28.6 Å². The number of hydrogen-bond acceptors (Lipinski definition) is 11. The number of hydrogen-bond donors (Lipinski definition) is 5. The number of amides is 2. The van der Waals surface area contributed by atoms with Gasteiger partial charge in [0.2, 0.25) is 5.91 Å². The second kappa shape index (κ2) is 16.8. The highest BCUT2D eigenvalue weighted by atomic mass is 16.8. The number of methoxy groups -OCH3 is 1. The summed E-state index contributed by atoms with van der Waals surface area (Å²) in [6, 6.07) is 4.49. The lowest BCUT2D eigenvalue weighted by atomic mass is 9.86. The van der Waals surface area contributed by atoms with Crippen LogP contribution in [0.1, 0.15) is 73.4 Å². The molecule has 0 aromatic carbocycles. The number of carbonyl (C=O) groups is 3. The van der Waals surface area contributed by atoms with Gasteiger partial charge in [0.25, 0.3) is 5.91 Å². The van der Waals surface area contributed by atoms with E-state index in [1.807, 2.05) is 65.8 Å².